The first-order valence-corrected chi connectivity index (χ1v) is 6.39. The fourth-order valence-electron chi connectivity index (χ4n) is 1.46. The SMILES string of the molecule is NCCc1ccc(Nc2ncncc2I)cc1. The molecule has 0 radical (unpaired) electrons. The van der Waals surface area contributed by atoms with Crippen molar-refractivity contribution in [3.05, 3.63) is 45.9 Å². The second kappa shape index (κ2) is 5.92. The Morgan fingerprint density at radius 2 is 2.00 bits per heavy atom. The zero-order valence-corrected chi connectivity index (χ0v) is 11.4. The molecule has 1 aromatic heterocycles. The van der Waals surface area contributed by atoms with Crippen molar-refractivity contribution >= 4 is 34.1 Å². The number of nitrogens with zero attached hydrogens (tertiary/aromatic N) is 2. The Kier molecular flexibility index (Phi) is 4.27. The number of aromatic nitrogens is 2. The van der Waals surface area contributed by atoms with E-state index in [1.165, 1.54) is 11.9 Å². The second-order valence-corrected chi connectivity index (χ2v) is 4.74. The van der Waals surface area contributed by atoms with E-state index < -0.39 is 0 Å². The van der Waals surface area contributed by atoms with Crippen LogP contribution in [0.25, 0.3) is 0 Å². The first-order chi connectivity index (χ1) is 8.29. The lowest BCUT2D eigenvalue weighted by Crippen LogP contribution is -2.02. The molecule has 0 amide bonds. The van der Waals surface area contributed by atoms with Gasteiger partial charge in [-0.3, -0.25) is 0 Å². The minimum atomic E-state index is 0.677. The number of anilines is 2. The molecule has 2 aromatic rings. The highest BCUT2D eigenvalue weighted by molar-refractivity contribution is 14.1. The van der Waals surface area contributed by atoms with Crippen LogP contribution < -0.4 is 11.1 Å². The molecule has 1 heterocycles. The van der Waals surface area contributed by atoms with Crippen LogP contribution in [-0.2, 0) is 6.42 Å². The van der Waals surface area contributed by atoms with Crippen LogP contribution in [0.5, 0.6) is 0 Å². The van der Waals surface area contributed by atoms with Gasteiger partial charge >= 0.3 is 0 Å². The highest BCUT2D eigenvalue weighted by Crippen LogP contribution is 2.19. The predicted octanol–water partition coefficient (Wildman–Crippen LogP) is 2.33. The van der Waals surface area contributed by atoms with Crippen molar-refractivity contribution in [2.24, 2.45) is 5.73 Å². The third kappa shape index (κ3) is 3.37. The fraction of sp³-hybridized carbons (Fsp3) is 0.167. The largest absolute Gasteiger partial charge is 0.339 e. The molecule has 17 heavy (non-hydrogen) atoms. The number of nitrogens with one attached hydrogen (secondary N) is 1. The van der Waals surface area contributed by atoms with Crippen molar-refractivity contribution in [2.75, 3.05) is 11.9 Å². The monoisotopic (exact) mass is 340 g/mol. The highest BCUT2D eigenvalue weighted by atomic mass is 127. The van der Waals surface area contributed by atoms with E-state index in [-0.39, 0.29) is 0 Å². The van der Waals surface area contributed by atoms with E-state index in [2.05, 4.69) is 50.0 Å². The molecule has 1 aromatic carbocycles. The number of benzene rings is 1. The van der Waals surface area contributed by atoms with E-state index in [1.54, 1.807) is 6.20 Å². The summed E-state index contributed by atoms with van der Waals surface area (Å²) in [6, 6.07) is 8.21. The molecule has 88 valence electrons. The maximum Gasteiger partial charge on any atom is 0.147 e. The Morgan fingerprint density at radius 1 is 1.24 bits per heavy atom. The van der Waals surface area contributed by atoms with E-state index in [1.807, 2.05) is 12.1 Å². The first kappa shape index (κ1) is 12.3. The van der Waals surface area contributed by atoms with Gasteiger partial charge in [-0.25, -0.2) is 9.97 Å². The molecule has 2 rings (SSSR count). The van der Waals surface area contributed by atoms with Gasteiger partial charge in [0, 0.05) is 11.9 Å². The molecule has 4 nitrogen and oxygen atoms in total. The van der Waals surface area contributed by atoms with Crippen molar-refractivity contribution in [2.45, 2.75) is 6.42 Å². The van der Waals surface area contributed by atoms with Gasteiger partial charge < -0.3 is 11.1 Å². The number of hydrogen-bond acceptors (Lipinski definition) is 4. The Bertz CT molecular complexity index is 484. The van der Waals surface area contributed by atoms with Crippen LogP contribution in [0, 0.1) is 3.57 Å². The van der Waals surface area contributed by atoms with Gasteiger partial charge in [0.05, 0.1) is 3.57 Å². The van der Waals surface area contributed by atoms with Gasteiger partial charge in [0.15, 0.2) is 0 Å². The Morgan fingerprint density at radius 3 is 2.65 bits per heavy atom. The molecular weight excluding hydrogens is 327 g/mol. The summed E-state index contributed by atoms with van der Waals surface area (Å²) < 4.78 is 0.996. The van der Waals surface area contributed by atoms with Crippen LogP contribution in [0.3, 0.4) is 0 Å². The van der Waals surface area contributed by atoms with Crippen LogP contribution >= 0.6 is 22.6 Å². The third-order valence-corrected chi connectivity index (χ3v) is 3.11. The molecule has 0 saturated carbocycles. The standard InChI is InChI=1S/C12H13IN4/c13-11-7-15-8-16-12(11)17-10-3-1-9(2-4-10)5-6-14/h1-4,7-8H,5-6,14H2,(H,15,16,17). The summed E-state index contributed by atoms with van der Waals surface area (Å²) in [5, 5.41) is 3.25. The number of nitrogens with two attached hydrogens (primary N) is 1. The first-order valence-electron chi connectivity index (χ1n) is 5.31. The summed E-state index contributed by atoms with van der Waals surface area (Å²) in [5.41, 5.74) is 7.77. The lowest BCUT2D eigenvalue weighted by molar-refractivity contribution is 0.969. The number of halogens is 1. The molecule has 0 bridgehead atoms. The predicted molar refractivity (Wildman–Crippen MR) is 77.2 cm³/mol. The molecule has 0 fully saturated rings. The van der Waals surface area contributed by atoms with Crippen molar-refractivity contribution in [3.8, 4) is 0 Å². The summed E-state index contributed by atoms with van der Waals surface area (Å²) in [6.45, 7) is 0.677. The maximum atomic E-state index is 5.51. The van der Waals surface area contributed by atoms with Gasteiger partial charge in [0.2, 0.25) is 0 Å². The zero-order chi connectivity index (χ0) is 12.1. The highest BCUT2D eigenvalue weighted by Gasteiger charge is 2.01. The lowest BCUT2D eigenvalue weighted by atomic mass is 10.1. The quantitative estimate of drug-likeness (QED) is 0.839. The lowest BCUT2D eigenvalue weighted by Gasteiger charge is -2.07. The minimum absolute atomic E-state index is 0.677. The summed E-state index contributed by atoms with van der Waals surface area (Å²) in [7, 11) is 0. The zero-order valence-electron chi connectivity index (χ0n) is 9.23. The molecule has 3 N–H and O–H groups in total. The minimum Gasteiger partial charge on any atom is -0.339 e. The third-order valence-electron chi connectivity index (χ3n) is 2.32. The van der Waals surface area contributed by atoms with Gasteiger partial charge in [-0.1, -0.05) is 12.1 Å². The normalized spacial score (nSPS) is 10.2. The van der Waals surface area contributed by atoms with Crippen molar-refractivity contribution in [1.82, 2.24) is 9.97 Å². The average Bonchev–Trinajstić information content (AvgIpc) is 2.35. The summed E-state index contributed by atoms with van der Waals surface area (Å²) in [6.07, 6.45) is 4.22. The van der Waals surface area contributed by atoms with Crippen LogP contribution in [0.2, 0.25) is 0 Å². The fourth-order valence-corrected chi connectivity index (χ4v) is 1.90. The Labute approximate surface area is 114 Å². The number of hydrogen-bond donors (Lipinski definition) is 2. The van der Waals surface area contributed by atoms with Crippen LogP contribution in [-0.4, -0.2) is 16.5 Å². The summed E-state index contributed by atoms with van der Waals surface area (Å²) in [4.78, 5) is 8.14. The molecule has 5 heteroatoms. The van der Waals surface area contributed by atoms with E-state index >= 15 is 0 Å². The van der Waals surface area contributed by atoms with E-state index in [4.69, 9.17) is 5.73 Å². The van der Waals surface area contributed by atoms with E-state index in [0.717, 1.165) is 21.5 Å². The van der Waals surface area contributed by atoms with Crippen molar-refractivity contribution in [1.29, 1.82) is 0 Å². The molecule has 0 aliphatic heterocycles. The van der Waals surface area contributed by atoms with Crippen LogP contribution in [0.1, 0.15) is 5.56 Å². The Hall–Kier alpha value is -1.21. The van der Waals surface area contributed by atoms with Gasteiger partial charge in [-0.15, -0.1) is 0 Å². The van der Waals surface area contributed by atoms with Crippen LogP contribution in [0.15, 0.2) is 36.8 Å². The molecule has 0 aliphatic carbocycles. The molecule has 0 unspecified atom stereocenters. The maximum absolute atomic E-state index is 5.51. The van der Waals surface area contributed by atoms with Crippen molar-refractivity contribution < 1.29 is 0 Å². The molecular formula is C12H13IN4. The van der Waals surface area contributed by atoms with E-state index in [0.29, 0.717) is 6.54 Å². The molecule has 0 spiro atoms. The molecule has 0 atom stereocenters. The Balaban J connectivity index is 2.11. The summed E-state index contributed by atoms with van der Waals surface area (Å²) >= 11 is 2.20. The number of rotatable bonds is 4. The van der Waals surface area contributed by atoms with Gasteiger partial charge in [-0.2, -0.15) is 0 Å². The van der Waals surface area contributed by atoms with E-state index in [9.17, 15) is 0 Å². The average molecular weight is 340 g/mol. The van der Waals surface area contributed by atoms with Gasteiger partial charge in [-0.05, 0) is 53.3 Å². The van der Waals surface area contributed by atoms with Gasteiger partial charge in [0.1, 0.15) is 12.1 Å². The molecule has 0 saturated heterocycles. The smallest absolute Gasteiger partial charge is 0.147 e. The van der Waals surface area contributed by atoms with Crippen LogP contribution in [0.4, 0.5) is 11.5 Å². The topological polar surface area (TPSA) is 63.8 Å². The van der Waals surface area contributed by atoms with Crippen molar-refractivity contribution in [3.63, 3.8) is 0 Å². The summed E-state index contributed by atoms with van der Waals surface area (Å²) in [5.74, 6) is 0.826. The molecule has 0 aliphatic rings. The second-order valence-electron chi connectivity index (χ2n) is 3.58. The van der Waals surface area contributed by atoms with Gasteiger partial charge in [0.25, 0.3) is 0 Å².